The van der Waals surface area contributed by atoms with Crippen molar-refractivity contribution in [2.45, 2.75) is 78.7 Å². The Morgan fingerprint density at radius 3 is 2.47 bits per heavy atom. The van der Waals surface area contributed by atoms with E-state index >= 15 is 4.39 Å². The summed E-state index contributed by atoms with van der Waals surface area (Å²) in [6, 6.07) is 18.7. The number of rotatable bonds is 9. The van der Waals surface area contributed by atoms with Crippen LogP contribution in [0.4, 0.5) is 4.39 Å². The van der Waals surface area contributed by atoms with E-state index in [1.165, 1.54) is 12.5 Å². The van der Waals surface area contributed by atoms with Crippen LogP contribution in [0, 0.1) is 11.2 Å². The van der Waals surface area contributed by atoms with E-state index in [9.17, 15) is 4.79 Å². The molecule has 1 N–H and O–H groups in total. The van der Waals surface area contributed by atoms with E-state index in [0.29, 0.717) is 36.0 Å². The van der Waals surface area contributed by atoms with Crippen molar-refractivity contribution in [1.82, 2.24) is 0 Å². The Morgan fingerprint density at radius 2 is 1.76 bits per heavy atom. The average molecular weight is 521 g/mol. The van der Waals surface area contributed by atoms with Crippen molar-refractivity contribution in [3.63, 3.8) is 0 Å². The number of aliphatic carboxylic acids is 1. The fourth-order valence-corrected chi connectivity index (χ4v) is 5.35. The first-order valence-corrected chi connectivity index (χ1v) is 13.7. The van der Waals surface area contributed by atoms with Gasteiger partial charge in [0.1, 0.15) is 23.9 Å². The van der Waals surface area contributed by atoms with Crippen LogP contribution in [0.5, 0.6) is 11.5 Å². The second-order valence-electron chi connectivity index (χ2n) is 10.4. The highest BCUT2D eigenvalue weighted by molar-refractivity contribution is 5.71. The molecule has 1 aliphatic carbocycles. The van der Waals surface area contributed by atoms with Crippen LogP contribution in [0.1, 0.15) is 82.4 Å². The molecule has 0 radical (unpaired) electrons. The summed E-state index contributed by atoms with van der Waals surface area (Å²) in [5, 5.41) is 8.96. The fraction of sp³-hybridized carbons (Fsp3) is 0.424. The zero-order valence-corrected chi connectivity index (χ0v) is 23.4. The number of carboxylic acid groups (broad SMARTS) is 1. The largest absolute Gasteiger partial charge is 0.497 e. The van der Waals surface area contributed by atoms with Crippen LogP contribution in [0.25, 0.3) is 11.1 Å². The van der Waals surface area contributed by atoms with Gasteiger partial charge in [-0.3, -0.25) is 4.79 Å². The molecule has 38 heavy (non-hydrogen) atoms. The van der Waals surface area contributed by atoms with Crippen LogP contribution in [0.2, 0.25) is 0 Å². The number of carboxylic acids is 1. The van der Waals surface area contributed by atoms with Gasteiger partial charge in [0.2, 0.25) is 0 Å². The van der Waals surface area contributed by atoms with Crippen LogP contribution in [-0.4, -0.2) is 18.2 Å². The van der Waals surface area contributed by atoms with Gasteiger partial charge in [-0.05, 0) is 83.2 Å². The molecule has 4 nitrogen and oxygen atoms in total. The Kier molecular flexibility index (Phi) is 10.3. The topological polar surface area (TPSA) is 55.8 Å². The van der Waals surface area contributed by atoms with E-state index < -0.39 is 5.97 Å². The fourth-order valence-electron chi connectivity index (χ4n) is 5.35. The summed E-state index contributed by atoms with van der Waals surface area (Å²) in [6.07, 6.45) is 5.15. The van der Waals surface area contributed by atoms with Crippen LogP contribution in [0.15, 0.2) is 60.7 Å². The summed E-state index contributed by atoms with van der Waals surface area (Å²) in [5.41, 5.74) is 4.69. The lowest BCUT2D eigenvalue weighted by molar-refractivity contribution is -0.136. The third-order valence-electron chi connectivity index (χ3n) is 7.39. The first-order chi connectivity index (χ1) is 18.3. The quantitative estimate of drug-likeness (QED) is 0.306. The van der Waals surface area contributed by atoms with Crippen molar-refractivity contribution in [1.29, 1.82) is 0 Å². The molecule has 0 heterocycles. The second-order valence-corrected chi connectivity index (χ2v) is 10.4. The highest BCUT2D eigenvalue weighted by Gasteiger charge is 2.35. The number of hydrogen-bond acceptors (Lipinski definition) is 3. The predicted octanol–water partition coefficient (Wildman–Crippen LogP) is 8.81. The first-order valence-electron chi connectivity index (χ1n) is 13.7. The van der Waals surface area contributed by atoms with Crippen molar-refractivity contribution in [3.8, 4) is 22.6 Å². The maximum Gasteiger partial charge on any atom is 0.303 e. The van der Waals surface area contributed by atoms with Crippen molar-refractivity contribution in [2.75, 3.05) is 7.11 Å². The minimum atomic E-state index is -0.813. The number of hydrogen-bond donors (Lipinski definition) is 1. The lowest BCUT2D eigenvalue weighted by Gasteiger charge is -2.40. The molecule has 0 amide bonds. The van der Waals surface area contributed by atoms with Gasteiger partial charge in [0.05, 0.1) is 7.11 Å². The summed E-state index contributed by atoms with van der Waals surface area (Å²) in [4.78, 5) is 10.9. The molecule has 0 bridgehead atoms. The molecule has 3 aromatic carbocycles. The summed E-state index contributed by atoms with van der Waals surface area (Å²) in [7, 11) is 1.60. The Bertz CT molecular complexity index is 1220. The van der Waals surface area contributed by atoms with Crippen LogP contribution in [0.3, 0.4) is 0 Å². The molecular weight excluding hydrogens is 479 g/mol. The van der Waals surface area contributed by atoms with Gasteiger partial charge in [0.25, 0.3) is 0 Å². The summed E-state index contributed by atoms with van der Waals surface area (Å²) < 4.78 is 26.5. The van der Waals surface area contributed by atoms with Gasteiger partial charge in [0.15, 0.2) is 0 Å². The van der Waals surface area contributed by atoms with Crippen LogP contribution >= 0.6 is 0 Å². The minimum Gasteiger partial charge on any atom is -0.497 e. The average Bonchev–Trinajstić information content (AvgIpc) is 2.92. The Balaban J connectivity index is 0.00000195. The third kappa shape index (κ3) is 7.37. The Labute approximate surface area is 226 Å². The van der Waals surface area contributed by atoms with Gasteiger partial charge < -0.3 is 14.6 Å². The van der Waals surface area contributed by atoms with E-state index in [4.69, 9.17) is 14.6 Å². The number of benzene rings is 3. The lowest BCUT2D eigenvalue weighted by atomic mass is 9.65. The smallest absolute Gasteiger partial charge is 0.303 e. The van der Waals surface area contributed by atoms with Crippen molar-refractivity contribution in [2.24, 2.45) is 5.41 Å². The van der Waals surface area contributed by atoms with E-state index in [0.717, 1.165) is 41.5 Å². The number of ether oxygens (including phenoxy) is 2. The molecule has 0 spiro atoms. The molecule has 5 heteroatoms. The SMILES string of the molecule is CC.COc1ccc(F)c(-c2ccc(COc3cccc(CCC(=O)O)c3)cc2C2CCCCC2(C)C)c1. The van der Waals surface area contributed by atoms with Gasteiger partial charge in [-0.2, -0.15) is 0 Å². The summed E-state index contributed by atoms with van der Waals surface area (Å²) in [5.74, 6) is 0.585. The Morgan fingerprint density at radius 1 is 0.974 bits per heavy atom. The van der Waals surface area contributed by atoms with Gasteiger partial charge in [-0.25, -0.2) is 4.39 Å². The van der Waals surface area contributed by atoms with Crippen LogP contribution in [-0.2, 0) is 17.8 Å². The summed E-state index contributed by atoms with van der Waals surface area (Å²) in [6.45, 7) is 9.01. The van der Waals surface area contributed by atoms with E-state index in [1.54, 1.807) is 19.2 Å². The molecule has 0 aromatic heterocycles. The van der Waals surface area contributed by atoms with Crippen LogP contribution < -0.4 is 9.47 Å². The maximum atomic E-state index is 15.0. The highest BCUT2D eigenvalue weighted by atomic mass is 19.1. The zero-order chi connectivity index (χ0) is 27.7. The second kappa shape index (κ2) is 13.5. The normalized spacial score (nSPS) is 16.2. The number of halogens is 1. The summed E-state index contributed by atoms with van der Waals surface area (Å²) >= 11 is 0. The maximum absolute atomic E-state index is 15.0. The molecule has 4 rings (SSSR count). The monoisotopic (exact) mass is 520 g/mol. The van der Waals surface area contributed by atoms with Crippen molar-refractivity contribution < 1.29 is 23.8 Å². The van der Waals surface area contributed by atoms with Crippen molar-refractivity contribution >= 4 is 5.97 Å². The van der Waals surface area contributed by atoms with Gasteiger partial charge in [-0.15, -0.1) is 0 Å². The highest BCUT2D eigenvalue weighted by Crippen LogP contribution is 2.49. The molecule has 1 atom stereocenters. The molecule has 0 aliphatic heterocycles. The molecule has 0 saturated heterocycles. The zero-order valence-electron chi connectivity index (χ0n) is 23.4. The molecule has 1 fully saturated rings. The lowest BCUT2D eigenvalue weighted by Crippen LogP contribution is -2.26. The standard InChI is InChI=1S/C31H35FO4.C2H6/c1-31(2)16-5-4-9-28(31)26-18-22(10-13-25(26)27-19-23(35-3)12-14-29(27)32)20-36-24-8-6-7-21(17-24)11-15-30(33)34;1-2/h6-8,10,12-14,17-19,28H,4-5,9,11,15-16,20H2,1-3H3,(H,33,34);1-2H3. The molecule has 1 saturated carbocycles. The van der Waals surface area contributed by atoms with E-state index in [-0.39, 0.29) is 17.7 Å². The first kappa shape index (κ1) is 29.2. The van der Waals surface area contributed by atoms with Crippen molar-refractivity contribution in [3.05, 3.63) is 83.2 Å². The predicted molar refractivity (Wildman–Crippen MR) is 151 cm³/mol. The van der Waals surface area contributed by atoms with Gasteiger partial charge in [0, 0.05) is 12.0 Å². The van der Waals surface area contributed by atoms with Gasteiger partial charge >= 0.3 is 5.97 Å². The Hall–Kier alpha value is -3.34. The van der Waals surface area contributed by atoms with Gasteiger partial charge in [-0.1, -0.05) is 70.9 Å². The number of methoxy groups -OCH3 is 1. The molecule has 3 aromatic rings. The van der Waals surface area contributed by atoms with E-state index in [1.807, 2.05) is 50.2 Å². The third-order valence-corrected chi connectivity index (χ3v) is 7.39. The molecular formula is C33H41FO4. The minimum absolute atomic E-state index is 0.0896. The number of aryl methyl sites for hydroxylation is 1. The molecule has 1 unspecified atom stereocenters. The van der Waals surface area contributed by atoms with E-state index in [2.05, 4.69) is 19.9 Å². The molecule has 204 valence electrons. The number of carbonyl (C=O) groups is 1. The molecule has 1 aliphatic rings.